The van der Waals surface area contributed by atoms with E-state index in [0.29, 0.717) is 17.9 Å². The number of nitrogens with one attached hydrogen (secondary N) is 1. The van der Waals surface area contributed by atoms with Crippen LogP contribution in [0.4, 0.5) is 5.69 Å². The summed E-state index contributed by atoms with van der Waals surface area (Å²) in [7, 11) is 0. The van der Waals surface area contributed by atoms with Crippen LogP contribution in [0.15, 0.2) is 42.5 Å². The molecule has 34 heavy (non-hydrogen) atoms. The van der Waals surface area contributed by atoms with E-state index in [1.54, 1.807) is 4.52 Å². The van der Waals surface area contributed by atoms with Gasteiger partial charge in [-0.2, -0.15) is 9.61 Å². The van der Waals surface area contributed by atoms with Crippen LogP contribution in [0.25, 0.3) is 11.5 Å². The molecule has 0 aliphatic carbocycles. The van der Waals surface area contributed by atoms with Gasteiger partial charge in [0, 0.05) is 48.4 Å². The molecule has 1 aromatic carbocycles. The van der Waals surface area contributed by atoms with Crippen LogP contribution in [0.1, 0.15) is 48.5 Å². The topological polar surface area (TPSA) is 93.2 Å². The van der Waals surface area contributed by atoms with Crippen LogP contribution < -0.4 is 10.2 Å². The van der Waals surface area contributed by atoms with Crippen molar-refractivity contribution in [3.05, 3.63) is 65.2 Å². The maximum absolute atomic E-state index is 12.4. The van der Waals surface area contributed by atoms with Gasteiger partial charge in [0.1, 0.15) is 0 Å². The van der Waals surface area contributed by atoms with Crippen LogP contribution >= 0.6 is 0 Å². The number of carbonyl (C=O) groups excluding carboxylic acids is 1. The number of nitrogens with zero attached hydrogens (tertiary/aromatic N) is 7. The van der Waals surface area contributed by atoms with E-state index in [2.05, 4.69) is 51.6 Å². The van der Waals surface area contributed by atoms with Gasteiger partial charge in [-0.3, -0.25) is 4.79 Å². The highest BCUT2D eigenvalue weighted by molar-refractivity contribution is 5.76. The van der Waals surface area contributed by atoms with Gasteiger partial charge in [-0.25, -0.2) is 4.68 Å². The normalized spacial score (nSPS) is 18.4. The number of aryl methyl sites for hydroxylation is 2. The van der Waals surface area contributed by atoms with E-state index in [0.717, 1.165) is 36.7 Å². The molecule has 1 N–H and O–H groups in total. The van der Waals surface area contributed by atoms with Crippen LogP contribution in [0.5, 0.6) is 0 Å². The molecule has 0 radical (unpaired) electrons. The number of carbonyl (C=O) groups is 1. The smallest absolute Gasteiger partial charge is 0.219 e. The molecular weight excluding hydrogens is 428 g/mol. The molecule has 2 atom stereocenters. The van der Waals surface area contributed by atoms with E-state index < -0.39 is 0 Å². The molecule has 0 spiro atoms. The molecule has 4 heterocycles. The highest BCUT2D eigenvalue weighted by Gasteiger charge is 2.35. The van der Waals surface area contributed by atoms with E-state index in [9.17, 15) is 4.79 Å². The molecule has 1 fully saturated rings. The summed E-state index contributed by atoms with van der Waals surface area (Å²) in [6, 6.07) is 14.3. The van der Waals surface area contributed by atoms with Crippen LogP contribution in [0.3, 0.4) is 0 Å². The number of rotatable bonds is 5. The van der Waals surface area contributed by atoms with Gasteiger partial charge in [-0.05, 0) is 51.5 Å². The lowest BCUT2D eigenvalue weighted by Gasteiger charge is -2.40. The lowest BCUT2D eigenvalue weighted by Crippen LogP contribution is -2.50. The van der Waals surface area contributed by atoms with Crippen molar-refractivity contribution in [2.24, 2.45) is 0 Å². The predicted octanol–water partition coefficient (Wildman–Crippen LogP) is 3.12. The lowest BCUT2D eigenvalue weighted by molar-refractivity contribution is -0.121. The van der Waals surface area contributed by atoms with E-state index in [-0.39, 0.29) is 17.9 Å². The summed E-state index contributed by atoms with van der Waals surface area (Å²) < 4.78 is 3.62. The Balaban J connectivity index is 1.54. The molecule has 1 aliphatic rings. The van der Waals surface area contributed by atoms with Crippen molar-refractivity contribution in [2.75, 3.05) is 18.0 Å². The molecule has 0 saturated carbocycles. The lowest BCUT2D eigenvalue weighted by atomic mass is 9.84. The standard InChI is InChI=1S/C25H30N8O/c1-5-24(34)26-21-13-14-31(19-9-7-6-8-10-19)15-20(21)25-16(2)29-32(17(25)3)23-12-11-22-28-27-18(4)33(22)30-23/h6-12,20-21H,5,13-15H2,1-4H3,(H,26,34). The fourth-order valence-electron chi connectivity index (χ4n) is 5.01. The highest BCUT2D eigenvalue weighted by atomic mass is 16.1. The first kappa shape index (κ1) is 22.1. The Labute approximate surface area is 198 Å². The zero-order valence-corrected chi connectivity index (χ0v) is 20.1. The number of para-hydroxylation sites is 1. The summed E-state index contributed by atoms with van der Waals surface area (Å²) in [6.45, 7) is 9.61. The summed E-state index contributed by atoms with van der Waals surface area (Å²) in [6.07, 6.45) is 1.35. The van der Waals surface area contributed by atoms with Gasteiger partial charge < -0.3 is 10.2 Å². The largest absolute Gasteiger partial charge is 0.371 e. The molecule has 9 nitrogen and oxygen atoms in total. The molecule has 2 unspecified atom stereocenters. The number of aromatic nitrogens is 6. The average Bonchev–Trinajstić information content (AvgIpc) is 3.38. The number of fused-ring (bicyclic) bond motifs is 1. The van der Waals surface area contributed by atoms with Crippen molar-refractivity contribution >= 4 is 17.2 Å². The zero-order valence-electron chi connectivity index (χ0n) is 20.1. The Morgan fingerprint density at radius 2 is 1.85 bits per heavy atom. The van der Waals surface area contributed by atoms with Crippen molar-refractivity contribution in [3.8, 4) is 5.82 Å². The van der Waals surface area contributed by atoms with Crippen molar-refractivity contribution < 1.29 is 4.79 Å². The molecule has 5 rings (SSSR count). The molecule has 1 aliphatic heterocycles. The van der Waals surface area contributed by atoms with Gasteiger partial charge in [-0.15, -0.1) is 15.3 Å². The third-order valence-electron chi connectivity index (χ3n) is 6.74. The predicted molar refractivity (Wildman–Crippen MR) is 130 cm³/mol. The third-order valence-corrected chi connectivity index (χ3v) is 6.74. The minimum Gasteiger partial charge on any atom is -0.371 e. The second-order valence-electron chi connectivity index (χ2n) is 8.91. The van der Waals surface area contributed by atoms with Crippen LogP contribution in [0, 0.1) is 20.8 Å². The van der Waals surface area contributed by atoms with Gasteiger partial charge in [0.05, 0.1) is 5.69 Å². The van der Waals surface area contributed by atoms with Gasteiger partial charge in [-0.1, -0.05) is 25.1 Å². The molecular formula is C25H30N8O. The first-order valence-electron chi connectivity index (χ1n) is 11.8. The second kappa shape index (κ2) is 8.89. The van der Waals surface area contributed by atoms with Gasteiger partial charge in [0.2, 0.25) is 5.91 Å². The fraction of sp³-hybridized carbons (Fsp3) is 0.400. The summed E-state index contributed by atoms with van der Waals surface area (Å²) in [5, 5.41) is 21.1. The highest BCUT2D eigenvalue weighted by Crippen LogP contribution is 2.34. The number of benzene rings is 1. The molecule has 176 valence electrons. The molecule has 1 amide bonds. The van der Waals surface area contributed by atoms with Crippen molar-refractivity contribution in [3.63, 3.8) is 0 Å². The van der Waals surface area contributed by atoms with E-state index >= 15 is 0 Å². The number of amides is 1. The fourth-order valence-corrected chi connectivity index (χ4v) is 5.01. The first-order chi connectivity index (χ1) is 16.5. The minimum absolute atomic E-state index is 0.0537. The Morgan fingerprint density at radius 3 is 2.62 bits per heavy atom. The molecule has 0 bridgehead atoms. The molecule has 4 aromatic rings. The SMILES string of the molecule is CCC(=O)NC1CCN(c2ccccc2)CC1c1c(C)nn(-c2ccc3nnc(C)n3n2)c1C. The summed E-state index contributed by atoms with van der Waals surface area (Å²) in [4.78, 5) is 14.8. The van der Waals surface area contributed by atoms with Crippen molar-refractivity contribution in [1.29, 1.82) is 0 Å². The maximum Gasteiger partial charge on any atom is 0.219 e. The van der Waals surface area contributed by atoms with Crippen molar-refractivity contribution in [1.82, 2.24) is 34.9 Å². The quantitative estimate of drug-likeness (QED) is 0.494. The number of hydrogen-bond donors (Lipinski definition) is 1. The number of piperidine rings is 1. The summed E-state index contributed by atoms with van der Waals surface area (Å²) >= 11 is 0. The van der Waals surface area contributed by atoms with E-state index in [4.69, 9.17) is 10.2 Å². The van der Waals surface area contributed by atoms with Gasteiger partial charge >= 0.3 is 0 Å². The maximum atomic E-state index is 12.4. The summed E-state index contributed by atoms with van der Waals surface area (Å²) in [5.41, 5.74) is 5.06. The number of hydrogen-bond acceptors (Lipinski definition) is 6. The average molecular weight is 459 g/mol. The molecule has 9 heteroatoms. The Morgan fingerprint density at radius 1 is 1.06 bits per heavy atom. The van der Waals surface area contributed by atoms with Crippen LogP contribution in [-0.4, -0.2) is 54.6 Å². The summed E-state index contributed by atoms with van der Waals surface area (Å²) in [5.74, 6) is 1.64. The molecule has 3 aromatic heterocycles. The Bertz CT molecular complexity index is 1330. The van der Waals surface area contributed by atoms with Crippen molar-refractivity contribution in [2.45, 2.75) is 52.5 Å². The monoisotopic (exact) mass is 458 g/mol. The third kappa shape index (κ3) is 3.91. The minimum atomic E-state index is 0.0537. The Kier molecular flexibility index (Phi) is 5.77. The van der Waals surface area contributed by atoms with E-state index in [1.165, 1.54) is 11.3 Å². The molecule has 1 saturated heterocycles. The Hall–Kier alpha value is -3.75. The van der Waals surface area contributed by atoms with Crippen LogP contribution in [0.2, 0.25) is 0 Å². The number of anilines is 1. The van der Waals surface area contributed by atoms with E-state index in [1.807, 2.05) is 43.7 Å². The first-order valence-corrected chi connectivity index (χ1v) is 11.8. The second-order valence-corrected chi connectivity index (χ2v) is 8.91. The van der Waals surface area contributed by atoms with Gasteiger partial charge in [0.15, 0.2) is 17.3 Å². The zero-order chi connectivity index (χ0) is 23.8. The van der Waals surface area contributed by atoms with Crippen LogP contribution in [-0.2, 0) is 4.79 Å². The van der Waals surface area contributed by atoms with Gasteiger partial charge in [0.25, 0.3) is 0 Å².